The van der Waals surface area contributed by atoms with Crippen molar-refractivity contribution in [1.82, 2.24) is 9.21 Å². The maximum Gasteiger partial charge on any atom is 0.254 e. The summed E-state index contributed by atoms with van der Waals surface area (Å²) in [5.74, 6) is -0.170. The molecule has 31 heavy (non-hydrogen) atoms. The topological polar surface area (TPSA) is 91.8 Å². The lowest BCUT2D eigenvalue weighted by molar-refractivity contribution is 0.0598. The standard InChI is InChI=1S/C22H26N2O5S2/c1-23(2)31(28,29)20-12-8-16(9-13-20)22(25)24-17-10-11-18(24)15-21(14-17)30(26,27)19-6-4-3-5-7-19/h3-9,12-13,17-18,21H,10-11,14-15H2,1-2H3. The molecule has 0 radical (unpaired) electrons. The van der Waals surface area contributed by atoms with E-state index in [1.807, 2.05) is 4.90 Å². The third-order valence-electron chi connectivity index (χ3n) is 6.31. The first-order valence-corrected chi connectivity index (χ1v) is 13.2. The van der Waals surface area contributed by atoms with Crippen molar-refractivity contribution in [2.24, 2.45) is 0 Å². The van der Waals surface area contributed by atoms with Gasteiger partial charge in [0.1, 0.15) is 0 Å². The molecule has 0 aromatic heterocycles. The van der Waals surface area contributed by atoms with Crippen LogP contribution in [0.1, 0.15) is 36.0 Å². The van der Waals surface area contributed by atoms with Gasteiger partial charge in [-0.15, -0.1) is 0 Å². The van der Waals surface area contributed by atoms with Crippen molar-refractivity contribution in [1.29, 1.82) is 0 Å². The summed E-state index contributed by atoms with van der Waals surface area (Å²) in [4.78, 5) is 15.5. The molecular weight excluding hydrogens is 436 g/mol. The van der Waals surface area contributed by atoms with E-state index in [9.17, 15) is 21.6 Å². The van der Waals surface area contributed by atoms with Crippen LogP contribution in [0.15, 0.2) is 64.4 Å². The molecule has 9 heteroatoms. The molecule has 4 rings (SSSR count). The molecule has 2 aromatic carbocycles. The van der Waals surface area contributed by atoms with Gasteiger partial charge < -0.3 is 4.90 Å². The number of nitrogens with zero attached hydrogens (tertiary/aromatic N) is 2. The highest BCUT2D eigenvalue weighted by atomic mass is 32.2. The summed E-state index contributed by atoms with van der Waals surface area (Å²) in [5.41, 5.74) is 0.416. The Labute approximate surface area is 183 Å². The smallest absolute Gasteiger partial charge is 0.254 e. The SMILES string of the molecule is CN(C)S(=O)(=O)c1ccc(C(=O)N2C3CCC2CC(S(=O)(=O)c2ccccc2)C3)cc1. The van der Waals surface area contributed by atoms with Gasteiger partial charge in [-0.2, -0.15) is 0 Å². The first-order valence-electron chi connectivity index (χ1n) is 10.3. The Morgan fingerprint density at radius 3 is 1.90 bits per heavy atom. The van der Waals surface area contributed by atoms with Gasteiger partial charge in [-0.3, -0.25) is 4.79 Å². The van der Waals surface area contributed by atoms with Gasteiger partial charge in [-0.1, -0.05) is 18.2 Å². The van der Waals surface area contributed by atoms with Crippen molar-refractivity contribution in [3.05, 3.63) is 60.2 Å². The molecule has 2 unspecified atom stereocenters. The molecule has 2 fully saturated rings. The zero-order valence-corrected chi connectivity index (χ0v) is 19.1. The predicted molar refractivity (Wildman–Crippen MR) is 117 cm³/mol. The van der Waals surface area contributed by atoms with E-state index < -0.39 is 25.1 Å². The molecule has 1 amide bonds. The van der Waals surface area contributed by atoms with Crippen molar-refractivity contribution in [3.8, 4) is 0 Å². The van der Waals surface area contributed by atoms with Crippen LogP contribution >= 0.6 is 0 Å². The molecule has 7 nitrogen and oxygen atoms in total. The number of benzene rings is 2. The fourth-order valence-electron chi connectivity index (χ4n) is 4.64. The average Bonchev–Trinajstić information content (AvgIpc) is 3.02. The number of hydrogen-bond donors (Lipinski definition) is 0. The number of sulfonamides is 1. The zero-order chi connectivity index (χ0) is 22.4. The minimum absolute atomic E-state index is 0.125. The lowest BCUT2D eigenvalue weighted by Gasteiger charge is -2.38. The second-order valence-electron chi connectivity index (χ2n) is 8.36. The van der Waals surface area contributed by atoms with E-state index in [1.54, 1.807) is 30.3 Å². The van der Waals surface area contributed by atoms with Crippen LogP contribution < -0.4 is 0 Å². The van der Waals surface area contributed by atoms with Crippen LogP contribution in [0.3, 0.4) is 0 Å². The molecule has 2 aliphatic rings. The van der Waals surface area contributed by atoms with Crippen molar-refractivity contribution in [2.75, 3.05) is 14.1 Å². The third kappa shape index (κ3) is 3.90. The number of sulfone groups is 1. The van der Waals surface area contributed by atoms with E-state index in [0.29, 0.717) is 23.3 Å². The highest BCUT2D eigenvalue weighted by molar-refractivity contribution is 7.92. The minimum atomic E-state index is -3.56. The maximum atomic E-state index is 13.2. The lowest BCUT2D eigenvalue weighted by atomic mass is 10.0. The number of fused-ring (bicyclic) bond motifs is 2. The van der Waals surface area contributed by atoms with Crippen LogP contribution in [-0.4, -0.2) is 63.4 Å². The second kappa shape index (κ2) is 8.03. The van der Waals surface area contributed by atoms with Crippen molar-refractivity contribution >= 4 is 25.8 Å². The second-order valence-corrected chi connectivity index (χ2v) is 12.7. The van der Waals surface area contributed by atoms with E-state index in [4.69, 9.17) is 0 Å². The van der Waals surface area contributed by atoms with Gasteiger partial charge in [0.15, 0.2) is 9.84 Å². The summed E-state index contributed by atoms with van der Waals surface area (Å²) >= 11 is 0. The molecule has 2 aromatic rings. The Morgan fingerprint density at radius 1 is 0.839 bits per heavy atom. The number of piperidine rings is 1. The zero-order valence-electron chi connectivity index (χ0n) is 17.5. The van der Waals surface area contributed by atoms with Gasteiger partial charge in [0.25, 0.3) is 5.91 Å². The maximum absolute atomic E-state index is 13.2. The quantitative estimate of drug-likeness (QED) is 0.681. The normalized spacial score (nSPS) is 23.8. The summed E-state index contributed by atoms with van der Waals surface area (Å²) in [7, 11) is -4.09. The molecule has 2 aliphatic heterocycles. The molecule has 0 spiro atoms. The number of carbonyl (C=O) groups excluding carboxylic acids is 1. The van der Waals surface area contributed by atoms with Crippen LogP contribution in [0.5, 0.6) is 0 Å². The van der Waals surface area contributed by atoms with Crippen LogP contribution in [0.25, 0.3) is 0 Å². The predicted octanol–water partition coefficient (Wildman–Crippen LogP) is 2.55. The Hall–Kier alpha value is -2.23. The number of hydrogen-bond acceptors (Lipinski definition) is 5. The fraction of sp³-hybridized carbons (Fsp3) is 0.409. The monoisotopic (exact) mass is 462 g/mol. The van der Waals surface area contributed by atoms with Crippen LogP contribution in [0, 0.1) is 0 Å². The van der Waals surface area contributed by atoms with Gasteiger partial charge in [-0.25, -0.2) is 21.1 Å². The van der Waals surface area contributed by atoms with E-state index in [1.165, 1.54) is 38.4 Å². The molecule has 2 bridgehead atoms. The molecule has 0 N–H and O–H groups in total. The van der Waals surface area contributed by atoms with Gasteiger partial charge in [0, 0.05) is 31.7 Å². The fourth-order valence-corrected chi connectivity index (χ4v) is 7.42. The first-order chi connectivity index (χ1) is 14.6. The number of rotatable bonds is 5. The summed E-state index contributed by atoms with van der Waals surface area (Å²) < 4.78 is 51.8. The average molecular weight is 463 g/mol. The summed E-state index contributed by atoms with van der Waals surface area (Å²) in [6.07, 6.45) is 2.41. The van der Waals surface area contributed by atoms with Crippen molar-refractivity contribution in [3.63, 3.8) is 0 Å². The van der Waals surface area contributed by atoms with Crippen molar-refractivity contribution < 1.29 is 21.6 Å². The summed E-state index contributed by atoms with van der Waals surface area (Å²) in [5, 5.41) is -0.496. The van der Waals surface area contributed by atoms with Gasteiger partial charge >= 0.3 is 0 Å². The van der Waals surface area contributed by atoms with Crippen LogP contribution in [0.4, 0.5) is 0 Å². The molecule has 166 valence electrons. The van der Waals surface area contributed by atoms with Crippen LogP contribution in [0.2, 0.25) is 0 Å². The Kier molecular flexibility index (Phi) is 5.70. The van der Waals surface area contributed by atoms with Crippen molar-refractivity contribution in [2.45, 2.75) is 52.8 Å². The van der Waals surface area contributed by atoms with E-state index >= 15 is 0 Å². The number of carbonyl (C=O) groups is 1. The summed E-state index contributed by atoms with van der Waals surface area (Å²) in [6.45, 7) is 0. The van der Waals surface area contributed by atoms with Crippen LogP contribution in [-0.2, 0) is 19.9 Å². The largest absolute Gasteiger partial charge is 0.333 e. The summed E-state index contributed by atoms with van der Waals surface area (Å²) in [6, 6.07) is 14.2. The van der Waals surface area contributed by atoms with E-state index in [-0.39, 0.29) is 22.9 Å². The molecular formula is C22H26N2O5S2. The van der Waals surface area contributed by atoms with Gasteiger partial charge in [0.2, 0.25) is 10.0 Å². The highest BCUT2D eigenvalue weighted by Crippen LogP contribution is 2.40. The molecule has 2 saturated heterocycles. The molecule has 2 atom stereocenters. The molecule has 0 aliphatic carbocycles. The van der Waals surface area contributed by atoms with E-state index in [2.05, 4.69) is 0 Å². The Balaban J connectivity index is 1.53. The highest BCUT2D eigenvalue weighted by Gasteiger charge is 2.47. The van der Waals surface area contributed by atoms with E-state index in [0.717, 1.165) is 17.1 Å². The van der Waals surface area contributed by atoms with Gasteiger partial charge in [-0.05, 0) is 62.1 Å². The van der Waals surface area contributed by atoms with Gasteiger partial charge in [0.05, 0.1) is 15.0 Å². The Bertz CT molecular complexity index is 1160. The third-order valence-corrected chi connectivity index (χ3v) is 10.3. The Morgan fingerprint density at radius 2 is 1.39 bits per heavy atom. The minimum Gasteiger partial charge on any atom is -0.333 e. The molecule has 2 heterocycles. The molecule has 0 saturated carbocycles. The number of amides is 1. The lowest BCUT2D eigenvalue weighted by Crippen LogP contribution is -2.49. The first kappa shape index (κ1) is 22.0.